The molecule has 5 rings (SSSR count). The standard InChI is InChI=1S/C19H25N3S/c1-12-11-23-18(22-12)17(9-20)10-21-13(2)19-6-14-3-15(7-19)5-16(4-14)8-19/h10-11,13-17H,3-8H2,1-2H3/t13-,14?,15?,16?,17+,19?/m0/s1. The Labute approximate surface area is 142 Å². The monoisotopic (exact) mass is 327 g/mol. The molecule has 23 heavy (non-hydrogen) atoms. The van der Waals surface area contributed by atoms with Crippen LogP contribution in [0, 0.1) is 41.4 Å². The van der Waals surface area contributed by atoms with Crippen molar-refractivity contribution in [2.45, 2.75) is 64.3 Å². The Bertz CT molecular complexity index is 619. The smallest absolute Gasteiger partial charge is 0.133 e. The molecule has 4 aliphatic carbocycles. The summed E-state index contributed by atoms with van der Waals surface area (Å²) in [7, 11) is 0. The van der Waals surface area contributed by atoms with Crippen LogP contribution in [0.15, 0.2) is 10.4 Å². The molecule has 0 aromatic carbocycles. The Kier molecular flexibility index (Phi) is 3.80. The van der Waals surface area contributed by atoms with Gasteiger partial charge in [0.1, 0.15) is 10.9 Å². The van der Waals surface area contributed by atoms with Crippen molar-refractivity contribution >= 4 is 17.6 Å². The predicted octanol–water partition coefficient (Wildman–Crippen LogP) is 4.73. The molecule has 4 bridgehead atoms. The van der Waals surface area contributed by atoms with Crippen molar-refractivity contribution in [3.63, 3.8) is 0 Å². The van der Waals surface area contributed by atoms with Gasteiger partial charge in [0, 0.05) is 17.3 Å². The second-order valence-corrected chi connectivity index (χ2v) is 9.08. The van der Waals surface area contributed by atoms with E-state index in [1.807, 2.05) is 18.5 Å². The van der Waals surface area contributed by atoms with Crippen LogP contribution in [0.3, 0.4) is 0 Å². The molecule has 0 amide bonds. The number of thiazole rings is 1. The van der Waals surface area contributed by atoms with Gasteiger partial charge in [0.15, 0.2) is 0 Å². The summed E-state index contributed by atoms with van der Waals surface area (Å²) in [4.78, 5) is 9.35. The van der Waals surface area contributed by atoms with Gasteiger partial charge in [0.2, 0.25) is 0 Å². The lowest BCUT2D eigenvalue weighted by molar-refractivity contribution is -0.0632. The molecule has 0 unspecified atom stereocenters. The molecule has 0 spiro atoms. The minimum atomic E-state index is -0.287. The second-order valence-electron chi connectivity index (χ2n) is 8.19. The minimum Gasteiger partial charge on any atom is -0.292 e. The lowest BCUT2D eigenvalue weighted by atomic mass is 9.48. The maximum atomic E-state index is 9.46. The van der Waals surface area contributed by atoms with Gasteiger partial charge < -0.3 is 0 Å². The van der Waals surface area contributed by atoms with Crippen molar-refractivity contribution in [1.29, 1.82) is 5.26 Å². The molecule has 4 heteroatoms. The number of hydrogen-bond donors (Lipinski definition) is 0. The first-order valence-electron chi connectivity index (χ1n) is 8.93. The summed E-state index contributed by atoms with van der Waals surface area (Å²) in [6.07, 6.45) is 10.4. The largest absolute Gasteiger partial charge is 0.292 e. The maximum absolute atomic E-state index is 9.46. The van der Waals surface area contributed by atoms with E-state index in [0.717, 1.165) is 28.5 Å². The molecule has 1 aromatic rings. The summed E-state index contributed by atoms with van der Waals surface area (Å²) >= 11 is 1.57. The minimum absolute atomic E-state index is 0.287. The van der Waals surface area contributed by atoms with Crippen molar-refractivity contribution in [2.75, 3.05) is 0 Å². The second kappa shape index (κ2) is 5.70. The van der Waals surface area contributed by atoms with E-state index in [1.165, 1.54) is 38.5 Å². The zero-order valence-electron chi connectivity index (χ0n) is 14.0. The lowest BCUT2D eigenvalue weighted by Gasteiger charge is -2.58. The normalized spacial score (nSPS) is 37.9. The van der Waals surface area contributed by atoms with Gasteiger partial charge in [0.25, 0.3) is 0 Å². The number of nitrogens with zero attached hydrogens (tertiary/aromatic N) is 3. The third-order valence-electron chi connectivity index (χ3n) is 6.47. The Morgan fingerprint density at radius 3 is 2.39 bits per heavy atom. The molecule has 4 aliphatic rings. The third kappa shape index (κ3) is 2.74. The average Bonchev–Trinajstić information content (AvgIpc) is 2.93. The van der Waals surface area contributed by atoms with Crippen LogP contribution in [0.5, 0.6) is 0 Å². The first-order chi connectivity index (χ1) is 11.1. The fraction of sp³-hybridized carbons (Fsp3) is 0.737. The quantitative estimate of drug-likeness (QED) is 0.750. The number of aliphatic imine (C=N–C) groups is 1. The molecule has 0 aliphatic heterocycles. The zero-order valence-corrected chi connectivity index (χ0v) is 14.9. The number of aromatic nitrogens is 1. The van der Waals surface area contributed by atoms with E-state index in [9.17, 15) is 5.26 Å². The predicted molar refractivity (Wildman–Crippen MR) is 93.8 cm³/mol. The fourth-order valence-electron chi connectivity index (χ4n) is 5.73. The van der Waals surface area contributed by atoms with Crippen molar-refractivity contribution < 1.29 is 0 Å². The van der Waals surface area contributed by atoms with E-state index in [1.54, 1.807) is 11.3 Å². The van der Waals surface area contributed by atoms with Gasteiger partial charge in [-0.05, 0) is 75.5 Å². The van der Waals surface area contributed by atoms with Gasteiger partial charge in [-0.25, -0.2) is 4.98 Å². The number of aryl methyl sites for hydroxylation is 1. The number of hydrogen-bond acceptors (Lipinski definition) is 4. The van der Waals surface area contributed by atoms with E-state index in [-0.39, 0.29) is 5.92 Å². The van der Waals surface area contributed by atoms with E-state index < -0.39 is 0 Å². The molecule has 122 valence electrons. The first-order valence-corrected chi connectivity index (χ1v) is 9.81. The Morgan fingerprint density at radius 2 is 1.91 bits per heavy atom. The van der Waals surface area contributed by atoms with Gasteiger partial charge in [-0.2, -0.15) is 5.26 Å². The van der Waals surface area contributed by atoms with Gasteiger partial charge in [0.05, 0.1) is 12.1 Å². The number of nitriles is 1. The lowest BCUT2D eigenvalue weighted by Crippen LogP contribution is -2.50. The molecule has 1 aromatic heterocycles. The topological polar surface area (TPSA) is 49.0 Å². The van der Waals surface area contributed by atoms with Gasteiger partial charge in [-0.15, -0.1) is 11.3 Å². The van der Waals surface area contributed by atoms with Crippen LogP contribution in [0.4, 0.5) is 0 Å². The molecule has 3 nitrogen and oxygen atoms in total. The number of rotatable bonds is 4. The van der Waals surface area contributed by atoms with Crippen LogP contribution in [-0.2, 0) is 0 Å². The van der Waals surface area contributed by atoms with E-state index >= 15 is 0 Å². The van der Waals surface area contributed by atoms with Crippen LogP contribution in [0.2, 0.25) is 0 Å². The van der Waals surface area contributed by atoms with Crippen molar-refractivity contribution in [1.82, 2.24) is 4.98 Å². The molecule has 1 heterocycles. The van der Waals surface area contributed by atoms with E-state index in [4.69, 9.17) is 4.99 Å². The van der Waals surface area contributed by atoms with Gasteiger partial charge in [-0.1, -0.05) is 0 Å². The maximum Gasteiger partial charge on any atom is 0.133 e. The highest BCUT2D eigenvalue weighted by Crippen LogP contribution is 2.61. The van der Waals surface area contributed by atoms with Crippen molar-refractivity contribution in [2.24, 2.45) is 28.2 Å². The van der Waals surface area contributed by atoms with Crippen molar-refractivity contribution in [3.05, 3.63) is 16.1 Å². The molecular formula is C19H25N3S. The van der Waals surface area contributed by atoms with E-state index in [0.29, 0.717) is 11.5 Å². The fourth-order valence-corrected chi connectivity index (χ4v) is 6.53. The van der Waals surface area contributed by atoms with E-state index in [2.05, 4.69) is 18.0 Å². The molecule has 4 fully saturated rings. The third-order valence-corrected chi connectivity index (χ3v) is 7.52. The summed E-state index contributed by atoms with van der Waals surface area (Å²) in [5.74, 6) is 2.57. The highest BCUT2D eigenvalue weighted by atomic mass is 32.1. The molecular weight excluding hydrogens is 302 g/mol. The highest BCUT2D eigenvalue weighted by Gasteiger charge is 2.53. The average molecular weight is 327 g/mol. The SMILES string of the molecule is Cc1csc([C@H](C#N)C=N[C@@H](C)C23CC4CC(CC(C4)C2)C3)n1. The molecule has 4 saturated carbocycles. The summed E-state index contributed by atoms with van der Waals surface area (Å²) in [5.41, 5.74) is 1.41. The van der Waals surface area contributed by atoms with Crippen LogP contribution in [-0.4, -0.2) is 17.2 Å². The summed E-state index contributed by atoms with van der Waals surface area (Å²) in [6.45, 7) is 4.26. The molecule has 0 saturated heterocycles. The Morgan fingerprint density at radius 1 is 1.30 bits per heavy atom. The van der Waals surface area contributed by atoms with Crippen LogP contribution in [0.25, 0.3) is 0 Å². The van der Waals surface area contributed by atoms with Crippen LogP contribution >= 0.6 is 11.3 Å². The summed E-state index contributed by atoms with van der Waals surface area (Å²) in [6, 6.07) is 2.70. The molecule has 0 N–H and O–H groups in total. The van der Waals surface area contributed by atoms with Gasteiger partial charge >= 0.3 is 0 Å². The Balaban J connectivity index is 1.51. The molecule has 2 atom stereocenters. The zero-order chi connectivity index (χ0) is 16.0. The van der Waals surface area contributed by atoms with Gasteiger partial charge in [-0.3, -0.25) is 4.99 Å². The summed E-state index contributed by atoms with van der Waals surface area (Å²) < 4.78 is 0. The Hall–Kier alpha value is -1.21. The molecule has 0 radical (unpaired) electrons. The van der Waals surface area contributed by atoms with Crippen molar-refractivity contribution in [3.8, 4) is 6.07 Å². The van der Waals surface area contributed by atoms with Crippen LogP contribution < -0.4 is 0 Å². The highest BCUT2D eigenvalue weighted by molar-refractivity contribution is 7.09. The first kappa shape index (κ1) is 15.3. The van der Waals surface area contributed by atoms with Crippen LogP contribution in [0.1, 0.15) is 62.1 Å². The summed E-state index contributed by atoms with van der Waals surface area (Å²) in [5, 5.41) is 12.4.